The summed E-state index contributed by atoms with van der Waals surface area (Å²) in [4.78, 5) is 0. The molecular formula is C26H18Ba. The van der Waals surface area contributed by atoms with Gasteiger partial charge in [0.05, 0.1) is 0 Å². The number of rotatable bonds is 0. The monoisotopic (exact) mass is 468 g/mol. The van der Waals surface area contributed by atoms with Gasteiger partial charge >= 0.3 is 48.9 Å². The van der Waals surface area contributed by atoms with Crippen LogP contribution in [0.2, 0.25) is 0 Å². The zero-order valence-electron chi connectivity index (χ0n) is 15.1. The number of hydrogen-bond donors (Lipinski definition) is 0. The molecule has 124 valence electrons. The summed E-state index contributed by atoms with van der Waals surface area (Å²) in [5, 5.41) is 10.8. The Morgan fingerprint density at radius 1 is 0.444 bits per heavy atom. The number of hydrogen-bond acceptors (Lipinski definition) is 0. The van der Waals surface area contributed by atoms with Gasteiger partial charge in [-0.3, -0.25) is 0 Å². The third-order valence-electron chi connectivity index (χ3n) is 5.05. The van der Waals surface area contributed by atoms with Crippen molar-refractivity contribution in [2.45, 2.75) is 0 Å². The van der Waals surface area contributed by atoms with Crippen LogP contribution in [0.15, 0.2) is 109 Å². The fourth-order valence-corrected chi connectivity index (χ4v) is 3.81. The van der Waals surface area contributed by atoms with E-state index in [1.54, 1.807) is 0 Å². The molecule has 0 saturated carbocycles. The topological polar surface area (TPSA) is 0 Å². The van der Waals surface area contributed by atoms with E-state index in [-0.39, 0.29) is 48.9 Å². The van der Waals surface area contributed by atoms with Gasteiger partial charge in [0.2, 0.25) is 0 Å². The van der Waals surface area contributed by atoms with Crippen LogP contribution in [0.1, 0.15) is 0 Å². The van der Waals surface area contributed by atoms with Gasteiger partial charge in [-0.25, -0.2) is 0 Å². The van der Waals surface area contributed by atoms with Gasteiger partial charge in [-0.2, -0.15) is 0 Å². The van der Waals surface area contributed by atoms with Crippen molar-refractivity contribution in [1.29, 1.82) is 0 Å². The minimum absolute atomic E-state index is 0. The zero-order chi connectivity index (χ0) is 17.3. The standard InChI is InChI=1S/2C13H9.Ba/c2*1-3-7-12-10(5-1)9-11-6-2-4-8-13(11)12;/h2*1-9H;/q2*-1;+2. The first-order chi connectivity index (χ1) is 12.9. The van der Waals surface area contributed by atoms with E-state index in [2.05, 4.69) is 109 Å². The molecule has 0 amide bonds. The molecule has 1 heteroatoms. The summed E-state index contributed by atoms with van der Waals surface area (Å²) in [6, 6.07) is 38.5. The van der Waals surface area contributed by atoms with Crippen molar-refractivity contribution in [1.82, 2.24) is 0 Å². The smallest absolute Gasteiger partial charge is 0.129 e. The largest absolute Gasteiger partial charge is 2.00 e. The minimum atomic E-state index is 0. The first-order valence-electron chi connectivity index (χ1n) is 8.96. The third kappa shape index (κ3) is 3.52. The van der Waals surface area contributed by atoms with Gasteiger partial charge in [-0.05, 0) is 0 Å². The Balaban J connectivity index is 0.000000129. The van der Waals surface area contributed by atoms with Crippen molar-refractivity contribution >= 4 is 92.0 Å². The Morgan fingerprint density at radius 2 is 0.852 bits per heavy atom. The molecular weight excluding hydrogens is 450 g/mol. The van der Waals surface area contributed by atoms with Gasteiger partial charge < -0.3 is 0 Å². The molecule has 0 aromatic heterocycles. The fourth-order valence-electron chi connectivity index (χ4n) is 3.81. The average Bonchev–Trinajstić information content (AvgIpc) is 3.27. The molecule has 0 spiro atoms. The Bertz CT molecular complexity index is 1130. The summed E-state index contributed by atoms with van der Waals surface area (Å²) in [5.74, 6) is 0. The van der Waals surface area contributed by atoms with Crippen LogP contribution >= 0.6 is 0 Å². The van der Waals surface area contributed by atoms with E-state index in [4.69, 9.17) is 0 Å². The van der Waals surface area contributed by atoms with Crippen molar-refractivity contribution in [3.8, 4) is 0 Å². The molecule has 6 rings (SSSR count). The average molecular weight is 468 g/mol. The van der Waals surface area contributed by atoms with Gasteiger partial charge in [0.25, 0.3) is 0 Å². The first-order valence-corrected chi connectivity index (χ1v) is 8.96. The second-order valence-corrected chi connectivity index (χ2v) is 6.64. The molecule has 0 bridgehead atoms. The predicted octanol–water partition coefficient (Wildman–Crippen LogP) is 7.04. The van der Waals surface area contributed by atoms with E-state index in [9.17, 15) is 0 Å². The van der Waals surface area contributed by atoms with Crippen LogP contribution in [-0.2, 0) is 0 Å². The summed E-state index contributed by atoms with van der Waals surface area (Å²) in [5.41, 5.74) is 0. The first kappa shape index (κ1) is 18.5. The van der Waals surface area contributed by atoms with Crippen LogP contribution in [0, 0.1) is 0 Å². The molecule has 0 unspecified atom stereocenters. The van der Waals surface area contributed by atoms with E-state index in [0.717, 1.165) is 0 Å². The number of fused-ring (bicyclic) bond motifs is 6. The summed E-state index contributed by atoms with van der Waals surface area (Å²) < 4.78 is 0. The zero-order valence-corrected chi connectivity index (χ0v) is 19.5. The summed E-state index contributed by atoms with van der Waals surface area (Å²) in [6.07, 6.45) is 0. The van der Waals surface area contributed by atoms with Crippen LogP contribution in [0.25, 0.3) is 43.1 Å². The van der Waals surface area contributed by atoms with E-state index in [1.807, 2.05) is 0 Å². The summed E-state index contributed by atoms with van der Waals surface area (Å²) in [6.45, 7) is 0. The van der Waals surface area contributed by atoms with Crippen LogP contribution in [0.3, 0.4) is 0 Å². The molecule has 0 heterocycles. The van der Waals surface area contributed by atoms with Crippen LogP contribution in [0.5, 0.6) is 0 Å². The Morgan fingerprint density at radius 3 is 1.33 bits per heavy atom. The molecule has 0 aliphatic rings. The van der Waals surface area contributed by atoms with Crippen molar-refractivity contribution in [3.63, 3.8) is 0 Å². The molecule has 0 atom stereocenters. The molecule has 0 N–H and O–H groups in total. The van der Waals surface area contributed by atoms with Crippen LogP contribution < -0.4 is 0 Å². The summed E-state index contributed by atoms with van der Waals surface area (Å²) >= 11 is 0. The fraction of sp³-hybridized carbons (Fsp3) is 0. The molecule has 0 aliphatic carbocycles. The maximum atomic E-state index is 2.24. The van der Waals surface area contributed by atoms with E-state index in [0.29, 0.717) is 0 Å². The molecule has 0 nitrogen and oxygen atoms in total. The van der Waals surface area contributed by atoms with Gasteiger partial charge in [0, 0.05) is 0 Å². The van der Waals surface area contributed by atoms with E-state index >= 15 is 0 Å². The molecule has 0 saturated heterocycles. The normalized spacial score (nSPS) is 10.7. The molecule has 27 heavy (non-hydrogen) atoms. The van der Waals surface area contributed by atoms with Crippen molar-refractivity contribution < 1.29 is 0 Å². The van der Waals surface area contributed by atoms with Gasteiger partial charge in [0.1, 0.15) is 0 Å². The number of benzene rings is 4. The molecule has 6 aromatic rings. The summed E-state index contributed by atoms with van der Waals surface area (Å²) in [7, 11) is 0. The van der Waals surface area contributed by atoms with Gasteiger partial charge in [-0.1, -0.05) is 59.3 Å². The quantitative estimate of drug-likeness (QED) is 0.166. The van der Waals surface area contributed by atoms with Crippen LogP contribution in [-0.4, -0.2) is 48.9 Å². The van der Waals surface area contributed by atoms with E-state index < -0.39 is 0 Å². The van der Waals surface area contributed by atoms with Gasteiger partial charge in [0.15, 0.2) is 0 Å². The van der Waals surface area contributed by atoms with Crippen molar-refractivity contribution in [2.24, 2.45) is 0 Å². The molecule has 0 radical (unpaired) electrons. The second-order valence-electron chi connectivity index (χ2n) is 6.64. The van der Waals surface area contributed by atoms with Crippen molar-refractivity contribution in [2.75, 3.05) is 0 Å². The second kappa shape index (κ2) is 8.05. The maximum absolute atomic E-state index is 2.24. The van der Waals surface area contributed by atoms with Crippen LogP contribution in [0.4, 0.5) is 0 Å². The predicted molar refractivity (Wildman–Crippen MR) is 120 cm³/mol. The van der Waals surface area contributed by atoms with Crippen molar-refractivity contribution in [3.05, 3.63) is 109 Å². The Hall–Kier alpha value is -1.81. The minimum Gasteiger partial charge on any atom is -0.129 e. The maximum Gasteiger partial charge on any atom is 2.00 e. The van der Waals surface area contributed by atoms with Gasteiger partial charge in [-0.15, -0.1) is 93.0 Å². The Labute approximate surface area is 199 Å². The molecule has 0 aliphatic heterocycles. The molecule has 0 fully saturated rings. The SMILES string of the molecule is [Ba+2].c1ccc2c(c1)c[c-]1ccccc21.c1ccc2c(c1)c[c-]1ccccc21. The molecule has 6 aromatic carbocycles. The van der Waals surface area contributed by atoms with E-state index in [1.165, 1.54) is 43.1 Å². The Kier molecular flexibility index (Phi) is 5.53. The third-order valence-corrected chi connectivity index (χ3v) is 5.05.